The molecule has 1 aromatic heterocycles. The average molecular weight is 260 g/mol. The zero-order chi connectivity index (χ0) is 13.8. The minimum atomic E-state index is -0.190. The lowest BCUT2D eigenvalue weighted by Gasteiger charge is -2.10. The van der Waals surface area contributed by atoms with Crippen molar-refractivity contribution in [3.63, 3.8) is 0 Å². The number of carbonyl (C=O) groups excluding carboxylic acids is 1. The standard InChI is InChI=1S/C13H16N4O2/c1-9-3-4-10(11(7-9)19-2)15-13(18)8-17-6-5-12(14)16-17/h3-7H,8H2,1-2H3,(H2,14,16)(H,15,18). The number of amides is 1. The molecule has 0 spiro atoms. The van der Waals surface area contributed by atoms with Gasteiger partial charge in [0.15, 0.2) is 0 Å². The van der Waals surface area contributed by atoms with Crippen LogP contribution in [0.4, 0.5) is 11.5 Å². The Bertz CT molecular complexity index is 592. The molecule has 0 bridgehead atoms. The third-order valence-corrected chi connectivity index (χ3v) is 2.60. The van der Waals surface area contributed by atoms with E-state index < -0.39 is 0 Å². The van der Waals surface area contributed by atoms with Crippen molar-refractivity contribution in [2.45, 2.75) is 13.5 Å². The normalized spacial score (nSPS) is 10.2. The van der Waals surface area contributed by atoms with Gasteiger partial charge in [-0.2, -0.15) is 5.10 Å². The number of ether oxygens (including phenoxy) is 1. The lowest BCUT2D eigenvalue weighted by molar-refractivity contribution is -0.116. The molecular weight excluding hydrogens is 244 g/mol. The fraction of sp³-hybridized carbons (Fsp3) is 0.231. The van der Waals surface area contributed by atoms with Crippen LogP contribution in [0.1, 0.15) is 5.56 Å². The molecule has 0 atom stereocenters. The van der Waals surface area contributed by atoms with Crippen LogP contribution in [-0.4, -0.2) is 22.8 Å². The number of carbonyl (C=O) groups is 1. The van der Waals surface area contributed by atoms with Crippen molar-refractivity contribution in [2.24, 2.45) is 0 Å². The molecule has 19 heavy (non-hydrogen) atoms. The van der Waals surface area contributed by atoms with Crippen LogP contribution < -0.4 is 15.8 Å². The Morgan fingerprint density at radius 1 is 1.47 bits per heavy atom. The summed E-state index contributed by atoms with van der Waals surface area (Å²) in [7, 11) is 1.57. The van der Waals surface area contributed by atoms with Crippen LogP contribution in [0.3, 0.4) is 0 Å². The number of methoxy groups -OCH3 is 1. The minimum absolute atomic E-state index is 0.105. The smallest absolute Gasteiger partial charge is 0.246 e. The first-order chi connectivity index (χ1) is 9.08. The van der Waals surface area contributed by atoms with Crippen LogP contribution in [0.5, 0.6) is 5.75 Å². The van der Waals surface area contributed by atoms with Crippen LogP contribution >= 0.6 is 0 Å². The summed E-state index contributed by atoms with van der Waals surface area (Å²) in [6.45, 7) is 2.06. The van der Waals surface area contributed by atoms with Crippen LogP contribution in [-0.2, 0) is 11.3 Å². The molecule has 2 aromatic rings. The van der Waals surface area contributed by atoms with Crippen molar-refractivity contribution in [2.75, 3.05) is 18.2 Å². The van der Waals surface area contributed by atoms with Gasteiger partial charge in [-0.1, -0.05) is 6.07 Å². The molecular formula is C13H16N4O2. The van der Waals surface area contributed by atoms with Crippen molar-refractivity contribution >= 4 is 17.4 Å². The van der Waals surface area contributed by atoms with Crippen LogP contribution in [0.15, 0.2) is 30.5 Å². The largest absolute Gasteiger partial charge is 0.495 e. The number of hydrogen-bond donors (Lipinski definition) is 2. The molecule has 0 radical (unpaired) electrons. The molecule has 6 nitrogen and oxygen atoms in total. The van der Waals surface area contributed by atoms with Gasteiger partial charge in [-0.15, -0.1) is 0 Å². The van der Waals surface area contributed by atoms with Gasteiger partial charge in [-0.05, 0) is 30.7 Å². The molecule has 0 saturated carbocycles. The lowest BCUT2D eigenvalue weighted by atomic mass is 10.2. The predicted octanol–water partition coefficient (Wildman–Crippen LogP) is 1.42. The third kappa shape index (κ3) is 3.25. The Hall–Kier alpha value is -2.50. The summed E-state index contributed by atoms with van der Waals surface area (Å²) in [5.41, 5.74) is 7.19. The third-order valence-electron chi connectivity index (χ3n) is 2.60. The summed E-state index contributed by atoms with van der Waals surface area (Å²) >= 11 is 0. The number of benzene rings is 1. The first-order valence-electron chi connectivity index (χ1n) is 5.82. The first-order valence-corrected chi connectivity index (χ1v) is 5.82. The average Bonchev–Trinajstić information content (AvgIpc) is 2.76. The van der Waals surface area contributed by atoms with E-state index in [2.05, 4.69) is 10.4 Å². The number of nitrogens with one attached hydrogen (secondary N) is 1. The minimum Gasteiger partial charge on any atom is -0.495 e. The van der Waals surface area contributed by atoms with E-state index in [4.69, 9.17) is 10.5 Å². The summed E-state index contributed by atoms with van der Waals surface area (Å²) in [6.07, 6.45) is 1.65. The summed E-state index contributed by atoms with van der Waals surface area (Å²) in [5.74, 6) is 0.833. The van der Waals surface area contributed by atoms with E-state index in [1.165, 1.54) is 4.68 Å². The zero-order valence-corrected chi connectivity index (χ0v) is 10.9. The maximum absolute atomic E-state index is 11.9. The fourth-order valence-corrected chi connectivity index (χ4v) is 1.70. The number of nitrogen functional groups attached to an aromatic ring is 1. The Morgan fingerprint density at radius 3 is 2.89 bits per heavy atom. The Balaban J connectivity index is 2.06. The molecule has 6 heteroatoms. The number of aryl methyl sites for hydroxylation is 1. The van der Waals surface area contributed by atoms with Gasteiger partial charge < -0.3 is 15.8 Å². The van der Waals surface area contributed by atoms with Crippen molar-refractivity contribution < 1.29 is 9.53 Å². The molecule has 2 rings (SSSR count). The van der Waals surface area contributed by atoms with Crippen LogP contribution in [0.2, 0.25) is 0 Å². The van der Waals surface area contributed by atoms with Crippen molar-refractivity contribution in [3.8, 4) is 5.75 Å². The highest BCUT2D eigenvalue weighted by atomic mass is 16.5. The van der Waals surface area contributed by atoms with Gasteiger partial charge >= 0.3 is 0 Å². The molecule has 0 unspecified atom stereocenters. The number of aromatic nitrogens is 2. The molecule has 0 saturated heterocycles. The van der Waals surface area contributed by atoms with Gasteiger partial charge in [0.1, 0.15) is 18.1 Å². The maximum atomic E-state index is 11.9. The molecule has 3 N–H and O–H groups in total. The number of anilines is 2. The van der Waals surface area contributed by atoms with Crippen molar-refractivity contribution in [1.29, 1.82) is 0 Å². The summed E-state index contributed by atoms with van der Waals surface area (Å²) in [4.78, 5) is 11.9. The first kappa shape index (κ1) is 12.9. The van der Waals surface area contributed by atoms with Gasteiger partial charge in [0.25, 0.3) is 0 Å². The van der Waals surface area contributed by atoms with Gasteiger partial charge in [-0.3, -0.25) is 9.48 Å². The highest BCUT2D eigenvalue weighted by Crippen LogP contribution is 2.25. The number of nitrogens with two attached hydrogens (primary N) is 1. The molecule has 100 valence electrons. The second-order valence-corrected chi connectivity index (χ2v) is 4.19. The van der Waals surface area contributed by atoms with E-state index in [0.29, 0.717) is 17.3 Å². The van der Waals surface area contributed by atoms with Crippen LogP contribution in [0, 0.1) is 6.92 Å². The van der Waals surface area contributed by atoms with E-state index in [0.717, 1.165) is 5.56 Å². The second kappa shape index (κ2) is 5.43. The summed E-state index contributed by atoms with van der Waals surface area (Å²) < 4.78 is 6.70. The SMILES string of the molecule is COc1cc(C)ccc1NC(=O)Cn1ccc(N)n1. The highest BCUT2D eigenvalue weighted by molar-refractivity contribution is 5.92. The molecule has 0 aliphatic rings. The van der Waals surface area contributed by atoms with Crippen molar-refractivity contribution in [1.82, 2.24) is 9.78 Å². The molecule has 1 heterocycles. The summed E-state index contributed by atoms with van der Waals surface area (Å²) in [5, 5.41) is 6.73. The second-order valence-electron chi connectivity index (χ2n) is 4.19. The topological polar surface area (TPSA) is 82.2 Å². The maximum Gasteiger partial charge on any atom is 0.246 e. The highest BCUT2D eigenvalue weighted by Gasteiger charge is 2.08. The number of hydrogen-bond acceptors (Lipinski definition) is 4. The molecule has 1 amide bonds. The zero-order valence-electron chi connectivity index (χ0n) is 10.9. The molecule has 0 aliphatic heterocycles. The van der Waals surface area contributed by atoms with Gasteiger partial charge in [0.2, 0.25) is 5.91 Å². The molecule has 0 aliphatic carbocycles. The Labute approximate surface area is 111 Å². The van der Waals surface area contributed by atoms with E-state index in [9.17, 15) is 4.79 Å². The van der Waals surface area contributed by atoms with Crippen LogP contribution in [0.25, 0.3) is 0 Å². The van der Waals surface area contributed by atoms with Gasteiger partial charge in [0.05, 0.1) is 12.8 Å². The van der Waals surface area contributed by atoms with Gasteiger partial charge in [0, 0.05) is 6.20 Å². The van der Waals surface area contributed by atoms with E-state index in [1.807, 2.05) is 25.1 Å². The van der Waals surface area contributed by atoms with E-state index in [-0.39, 0.29) is 12.5 Å². The predicted molar refractivity (Wildman–Crippen MR) is 73.0 cm³/mol. The molecule has 0 fully saturated rings. The quantitative estimate of drug-likeness (QED) is 0.871. The fourth-order valence-electron chi connectivity index (χ4n) is 1.70. The Morgan fingerprint density at radius 2 is 2.26 bits per heavy atom. The number of nitrogens with zero attached hydrogens (tertiary/aromatic N) is 2. The van der Waals surface area contributed by atoms with Gasteiger partial charge in [-0.25, -0.2) is 0 Å². The van der Waals surface area contributed by atoms with E-state index >= 15 is 0 Å². The monoisotopic (exact) mass is 260 g/mol. The Kier molecular flexibility index (Phi) is 3.70. The summed E-state index contributed by atoms with van der Waals surface area (Å²) in [6, 6.07) is 7.22. The van der Waals surface area contributed by atoms with E-state index in [1.54, 1.807) is 19.4 Å². The molecule has 1 aromatic carbocycles. The van der Waals surface area contributed by atoms with Crippen molar-refractivity contribution in [3.05, 3.63) is 36.0 Å². The lowest BCUT2D eigenvalue weighted by Crippen LogP contribution is -2.19. The number of rotatable bonds is 4.